The predicted octanol–water partition coefficient (Wildman–Crippen LogP) is 2.45. The van der Waals surface area contributed by atoms with Crippen LogP contribution in [0.5, 0.6) is 0 Å². The molecule has 1 amide bonds. The van der Waals surface area contributed by atoms with E-state index in [0.717, 1.165) is 29.9 Å². The third-order valence-corrected chi connectivity index (χ3v) is 4.79. The number of thioether (sulfide) groups is 1. The van der Waals surface area contributed by atoms with E-state index in [0.29, 0.717) is 4.88 Å². The van der Waals surface area contributed by atoms with E-state index in [-0.39, 0.29) is 5.91 Å². The number of hydrogen-bond acceptors (Lipinski definition) is 5. The van der Waals surface area contributed by atoms with Crippen LogP contribution in [0.1, 0.15) is 29.4 Å². The Hall–Kier alpha value is -0.750. The molecular formula is C12H19N3OS2. The van der Waals surface area contributed by atoms with Crippen LogP contribution in [0, 0.1) is 5.92 Å². The molecule has 18 heavy (non-hydrogen) atoms. The summed E-state index contributed by atoms with van der Waals surface area (Å²) in [7, 11) is 0. The van der Waals surface area contributed by atoms with Gasteiger partial charge >= 0.3 is 0 Å². The Morgan fingerprint density at radius 2 is 2.44 bits per heavy atom. The second-order valence-electron chi connectivity index (χ2n) is 4.33. The molecule has 1 saturated carbocycles. The van der Waals surface area contributed by atoms with Crippen molar-refractivity contribution in [1.82, 2.24) is 10.3 Å². The molecule has 0 aliphatic heterocycles. The zero-order valence-corrected chi connectivity index (χ0v) is 12.2. The molecule has 1 heterocycles. The van der Waals surface area contributed by atoms with Crippen molar-refractivity contribution in [2.45, 2.75) is 19.8 Å². The van der Waals surface area contributed by atoms with Crippen LogP contribution in [-0.2, 0) is 0 Å². The van der Waals surface area contributed by atoms with Gasteiger partial charge in [0.05, 0.1) is 6.20 Å². The number of carbonyl (C=O) groups is 1. The minimum Gasteiger partial charge on any atom is -0.362 e. The average molecular weight is 285 g/mol. The van der Waals surface area contributed by atoms with Crippen LogP contribution in [-0.4, -0.2) is 35.5 Å². The van der Waals surface area contributed by atoms with E-state index >= 15 is 0 Å². The Morgan fingerprint density at radius 3 is 3.17 bits per heavy atom. The van der Waals surface area contributed by atoms with Crippen molar-refractivity contribution in [1.29, 1.82) is 0 Å². The van der Waals surface area contributed by atoms with Gasteiger partial charge in [0.1, 0.15) is 4.88 Å². The highest BCUT2D eigenvalue weighted by Crippen LogP contribution is 2.32. The normalized spacial score (nSPS) is 14.5. The average Bonchev–Trinajstić information content (AvgIpc) is 3.07. The number of amides is 1. The molecule has 0 bridgehead atoms. The topological polar surface area (TPSA) is 54.0 Å². The van der Waals surface area contributed by atoms with E-state index in [1.165, 1.54) is 29.9 Å². The minimum absolute atomic E-state index is 0.0105. The van der Waals surface area contributed by atoms with Crippen LogP contribution in [0.2, 0.25) is 0 Å². The van der Waals surface area contributed by atoms with Crippen molar-refractivity contribution in [2.24, 2.45) is 5.92 Å². The number of nitrogens with zero attached hydrogens (tertiary/aromatic N) is 1. The van der Waals surface area contributed by atoms with Gasteiger partial charge in [0.25, 0.3) is 5.91 Å². The van der Waals surface area contributed by atoms with E-state index in [1.807, 2.05) is 18.7 Å². The largest absolute Gasteiger partial charge is 0.362 e. The standard InChI is InChI=1S/C12H19N3OS2/c1-2-13-12-15-7-10(18-12)11(16)14-5-6-17-8-9-3-4-9/h7,9H,2-6,8H2,1H3,(H,13,15)(H,14,16). The van der Waals surface area contributed by atoms with E-state index < -0.39 is 0 Å². The summed E-state index contributed by atoms with van der Waals surface area (Å²) in [5.74, 6) is 3.20. The van der Waals surface area contributed by atoms with Gasteiger partial charge in [-0.2, -0.15) is 11.8 Å². The maximum atomic E-state index is 11.8. The molecule has 1 aliphatic carbocycles. The lowest BCUT2D eigenvalue weighted by atomic mass is 10.5. The second-order valence-corrected chi connectivity index (χ2v) is 6.51. The zero-order valence-electron chi connectivity index (χ0n) is 10.6. The molecule has 0 unspecified atom stereocenters. The third kappa shape index (κ3) is 4.49. The first-order chi connectivity index (χ1) is 8.79. The molecule has 0 aromatic carbocycles. The van der Waals surface area contributed by atoms with Crippen LogP contribution in [0.3, 0.4) is 0 Å². The fourth-order valence-corrected chi connectivity index (χ4v) is 3.35. The third-order valence-electron chi connectivity index (χ3n) is 2.64. The SMILES string of the molecule is CCNc1ncc(C(=O)NCCSCC2CC2)s1. The number of carbonyl (C=O) groups excluding carboxylic acids is 1. The second kappa shape index (κ2) is 6.99. The molecule has 1 aromatic rings. The van der Waals surface area contributed by atoms with Crippen LogP contribution in [0.25, 0.3) is 0 Å². The molecule has 2 rings (SSSR count). The first kappa shape index (κ1) is 13.7. The summed E-state index contributed by atoms with van der Waals surface area (Å²) in [6.45, 7) is 3.58. The summed E-state index contributed by atoms with van der Waals surface area (Å²) in [4.78, 5) is 16.6. The molecular weight excluding hydrogens is 266 g/mol. The van der Waals surface area contributed by atoms with Gasteiger partial charge in [-0.25, -0.2) is 4.98 Å². The molecule has 1 aromatic heterocycles. The number of thiazole rings is 1. The molecule has 1 aliphatic rings. The Labute approximate surface area is 116 Å². The van der Waals surface area contributed by atoms with Gasteiger partial charge in [-0.05, 0) is 31.4 Å². The van der Waals surface area contributed by atoms with Gasteiger partial charge in [0, 0.05) is 18.8 Å². The van der Waals surface area contributed by atoms with Gasteiger partial charge in [0.15, 0.2) is 5.13 Å². The summed E-state index contributed by atoms with van der Waals surface area (Å²) < 4.78 is 0. The lowest BCUT2D eigenvalue weighted by molar-refractivity contribution is 0.0960. The van der Waals surface area contributed by atoms with Crippen LogP contribution in [0.4, 0.5) is 5.13 Å². The zero-order chi connectivity index (χ0) is 12.8. The lowest BCUT2D eigenvalue weighted by Crippen LogP contribution is -2.25. The van der Waals surface area contributed by atoms with Gasteiger partial charge < -0.3 is 10.6 Å². The predicted molar refractivity (Wildman–Crippen MR) is 78.7 cm³/mol. The van der Waals surface area contributed by atoms with Crippen molar-refractivity contribution >= 4 is 34.1 Å². The van der Waals surface area contributed by atoms with Crippen molar-refractivity contribution in [3.8, 4) is 0 Å². The van der Waals surface area contributed by atoms with E-state index in [4.69, 9.17) is 0 Å². The van der Waals surface area contributed by atoms with Crippen LogP contribution < -0.4 is 10.6 Å². The molecule has 100 valence electrons. The number of hydrogen-bond donors (Lipinski definition) is 2. The molecule has 0 atom stereocenters. The Bertz CT molecular complexity index is 390. The summed E-state index contributed by atoms with van der Waals surface area (Å²) >= 11 is 3.34. The molecule has 0 radical (unpaired) electrons. The maximum absolute atomic E-state index is 11.8. The number of aromatic nitrogens is 1. The van der Waals surface area contributed by atoms with E-state index in [1.54, 1.807) is 6.20 Å². The molecule has 0 saturated heterocycles. The molecule has 4 nitrogen and oxygen atoms in total. The summed E-state index contributed by atoms with van der Waals surface area (Å²) in [6, 6.07) is 0. The van der Waals surface area contributed by atoms with Gasteiger partial charge in [0.2, 0.25) is 0 Å². The van der Waals surface area contributed by atoms with Gasteiger partial charge in [-0.1, -0.05) is 11.3 Å². The minimum atomic E-state index is -0.0105. The fraction of sp³-hybridized carbons (Fsp3) is 0.667. The first-order valence-electron chi connectivity index (χ1n) is 6.35. The monoisotopic (exact) mass is 285 g/mol. The highest BCUT2D eigenvalue weighted by Gasteiger charge is 2.20. The first-order valence-corrected chi connectivity index (χ1v) is 8.32. The Kier molecular flexibility index (Phi) is 5.31. The van der Waals surface area contributed by atoms with Crippen molar-refractivity contribution in [3.63, 3.8) is 0 Å². The number of nitrogens with one attached hydrogen (secondary N) is 2. The summed E-state index contributed by atoms with van der Waals surface area (Å²) in [5.41, 5.74) is 0. The Morgan fingerprint density at radius 1 is 1.61 bits per heavy atom. The summed E-state index contributed by atoms with van der Waals surface area (Å²) in [6.07, 6.45) is 4.43. The quantitative estimate of drug-likeness (QED) is 0.720. The van der Waals surface area contributed by atoms with Crippen molar-refractivity contribution in [2.75, 3.05) is 29.9 Å². The molecule has 6 heteroatoms. The maximum Gasteiger partial charge on any atom is 0.263 e. The molecule has 1 fully saturated rings. The fourth-order valence-electron chi connectivity index (χ4n) is 1.47. The summed E-state index contributed by atoms with van der Waals surface area (Å²) in [5, 5.41) is 6.84. The van der Waals surface area contributed by atoms with Crippen molar-refractivity contribution in [3.05, 3.63) is 11.1 Å². The van der Waals surface area contributed by atoms with Crippen LogP contribution in [0.15, 0.2) is 6.20 Å². The highest BCUT2D eigenvalue weighted by molar-refractivity contribution is 7.99. The van der Waals surface area contributed by atoms with Crippen LogP contribution >= 0.6 is 23.1 Å². The van der Waals surface area contributed by atoms with Crippen molar-refractivity contribution < 1.29 is 4.79 Å². The highest BCUT2D eigenvalue weighted by atomic mass is 32.2. The Balaban J connectivity index is 1.62. The van der Waals surface area contributed by atoms with E-state index in [9.17, 15) is 4.79 Å². The molecule has 2 N–H and O–H groups in total. The lowest BCUT2D eigenvalue weighted by Gasteiger charge is -2.02. The number of anilines is 1. The van der Waals surface area contributed by atoms with Gasteiger partial charge in [-0.15, -0.1) is 0 Å². The molecule has 0 spiro atoms. The smallest absolute Gasteiger partial charge is 0.263 e. The van der Waals surface area contributed by atoms with E-state index in [2.05, 4.69) is 15.6 Å². The number of rotatable bonds is 8. The van der Waals surface area contributed by atoms with Gasteiger partial charge in [-0.3, -0.25) is 4.79 Å².